The molecule has 1 aromatic carbocycles. The molecule has 0 radical (unpaired) electrons. The number of amides is 1. The zero-order valence-electron chi connectivity index (χ0n) is 14.4. The normalized spacial score (nSPS) is 10.5. The SMILES string of the molecule is C=CCn1c(COC)nnc1SCC(=O)Nc1ccc(OCC)cc1. The maximum Gasteiger partial charge on any atom is 0.234 e. The van der Waals surface area contributed by atoms with Gasteiger partial charge in [-0.2, -0.15) is 0 Å². The van der Waals surface area contributed by atoms with Crippen LogP contribution >= 0.6 is 11.8 Å². The van der Waals surface area contributed by atoms with Gasteiger partial charge in [-0.05, 0) is 31.2 Å². The number of rotatable bonds is 10. The monoisotopic (exact) mass is 362 g/mol. The van der Waals surface area contributed by atoms with Crippen molar-refractivity contribution in [2.75, 3.05) is 24.8 Å². The van der Waals surface area contributed by atoms with Crippen molar-refractivity contribution in [3.8, 4) is 5.75 Å². The second-order valence-electron chi connectivity index (χ2n) is 5.03. The van der Waals surface area contributed by atoms with Crippen LogP contribution < -0.4 is 10.1 Å². The van der Waals surface area contributed by atoms with E-state index in [0.717, 1.165) is 11.4 Å². The van der Waals surface area contributed by atoms with E-state index in [1.165, 1.54) is 11.8 Å². The van der Waals surface area contributed by atoms with E-state index in [2.05, 4.69) is 22.1 Å². The third-order valence-corrected chi connectivity index (χ3v) is 4.13. The molecule has 1 amide bonds. The lowest BCUT2D eigenvalue weighted by Gasteiger charge is -2.08. The lowest BCUT2D eigenvalue weighted by molar-refractivity contribution is -0.113. The number of thioether (sulfide) groups is 1. The van der Waals surface area contributed by atoms with E-state index in [0.29, 0.717) is 30.7 Å². The zero-order chi connectivity index (χ0) is 18.1. The molecule has 0 saturated carbocycles. The Morgan fingerprint density at radius 2 is 2.12 bits per heavy atom. The number of hydrogen-bond donors (Lipinski definition) is 1. The van der Waals surface area contributed by atoms with Gasteiger partial charge in [0.1, 0.15) is 12.4 Å². The summed E-state index contributed by atoms with van der Waals surface area (Å²) < 4.78 is 12.4. The van der Waals surface area contributed by atoms with E-state index in [-0.39, 0.29) is 11.7 Å². The number of anilines is 1. The van der Waals surface area contributed by atoms with Crippen LogP contribution in [0, 0.1) is 0 Å². The second-order valence-corrected chi connectivity index (χ2v) is 5.97. The minimum atomic E-state index is -0.115. The Hall–Kier alpha value is -2.32. The maximum absolute atomic E-state index is 12.1. The Morgan fingerprint density at radius 3 is 2.76 bits per heavy atom. The summed E-state index contributed by atoms with van der Waals surface area (Å²) in [5, 5.41) is 11.7. The third-order valence-electron chi connectivity index (χ3n) is 3.16. The van der Waals surface area contributed by atoms with Crippen LogP contribution in [0.4, 0.5) is 5.69 Å². The van der Waals surface area contributed by atoms with Crippen LogP contribution in [-0.4, -0.2) is 40.1 Å². The standard InChI is InChI=1S/C17H22N4O3S/c1-4-10-21-15(11-23-3)19-20-17(21)25-12-16(22)18-13-6-8-14(9-7-13)24-5-2/h4,6-9H,1,5,10-12H2,2-3H3,(H,18,22). The number of methoxy groups -OCH3 is 1. The van der Waals surface area contributed by atoms with Gasteiger partial charge in [0, 0.05) is 19.3 Å². The summed E-state index contributed by atoms with van der Waals surface area (Å²) in [5.74, 6) is 1.60. The first-order chi connectivity index (χ1) is 12.2. The van der Waals surface area contributed by atoms with Gasteiger partial charge in [-0.25, -0.2) is 0 Å². The van der Waals surface area contributed by atoms with Crippen molar-refractivity contribution in [3.05, 3.63) is 42.7 Å². The molecule has 134 valence electrons. The van der Waals surface area contributed by atoms with Crippen LogP contribution in [0.3, 0.4) is 0 Å². The Labute approximate surface area is 151 Å². The molecule has 0 unspecified atom stereocenters. The number of ether oxygens (including phenoxy) is 2. The summed E-state index contributed by atoms with van der Waals surface area (Å²) in [6.45, 7) is 7.19. The average Bonchev–Trinajstić information content (AvgIpc) is 2.98. The van der Waals surface area contributed by atoms with E-state index in [9.17, 15) is 4.79 Å². The van der Waals surface area contributed by atoms with Crippen LogP contribution in [0.1, 0.15) is 12.7 Å². The molecule has 0 aliphatic heterocycles. The highest BCUT2D eigenvalue weighted by Gasteiger charge is 2.13. The fourth-order valence-electron chi connectivity index (χ4n) is 2.10. The number of carbonyl (C=O) groups excluding carboxylic acids is 1. The zero-order valence-corrected chi connectivity index (χ0v) is 15.2. The van der Waals surface area contributed by atoms with Crippen molar-refractivity contribution in [1.29, 1.82) is 0 Å². The first-order valence-corrected chi connectivity index (χ1v) is 8.83. The summed E-state index contributed by atoms with van der Waals surface area (Å²) in [6.07, 6.45) is 1.76. The molecule has 2 rings (SSSR count). The van der Waals surface area contributed by atoms with E-state index in [1.54, 1.807) is 13.2 Å². The molecule has 0 saturated heterocycles. The number of allylic oxidation sites excluding steroid dienone is 1. The molecule has 8 heteroatoms. The lowest BCUT2D eigenvalue weighted by atomic mass is 10.3. The van der Waals surface area contributed by atoms with Crippen LogP contribution in [0.15, 0.2) is 42.1 Å². The van der Waals surface area contributed by atoms with Gasteiger partial charge in [0.2, 0.25) is 5.91 Å². The number of nitrogens with zero attached hydrogens (tertiary/aromatic N) is 3. The summed E-state index contributed by atoms with van der Waals surface area (Å²) in [4.78, 5) is 12.1. The summed E-state index contributed by atoms with van der Waals surface area (Å²) in [5.41, 5.74) is 0.724. The first-order valence-electron chi connectivity index (χ1n) is 7.85. The smallest absolute Gasteiger partial charge is 0.234 e. The number of benzene rings is 1. The van der Waals surface area contributed by atoms with E-state index in [4.69, 9.17) is 9.47 Å². The Morgan fingerprint density at radius 1 is 1.36 bits per heavy atom. The Balaban J connectivity index is 1.92. The lowest BCUT2D eigenvalue weighted by Crippen LogP contribution is -2.14. The molecule has 0 aliphatic rings. The molecule has 0 spiro atoms. The molecule has 0 aliphatic carbocycles. The predicted octanol–water partition coefficient (Wildman–Crippen LogP) is 2.74. The fraction of sp³-hybridized carbons (Fsp3) is 0.353. The molecule has 25 heavy (non-hydrogen) atoms. The molecule has 1 aromatic heterocycles. The van der Waals surface area contributed by atoms with Gasteiger partial charge in [0.05, 0.1) is 12.4 Å². The molecular weight excluding hydrogens is 340 g/mol. The van der Waals surface area contributed by atoms with Gasteiger partial charge in [0.25, 0.3) is 0 Å². The van der Waals surface area contributed by atoms with Crippen molar-refractivity contribution in [3.63, 3.8) is 0 Å². The minimum Gasteiger partial charge on any atom is -0.494 e. The van der Waals surface area contributed by atoms with Gasteiger partial charge in [-0.3, -0.25) is 4.79 Å². The van der Waals surface area contributed by atoms with Gasteiger partial charge in [-0.15, -0.1) is 16.8 Å². The number of hydrogen-bond acceptors (Lipinski definition) is 6. The highest BCUT2D eigenvalue weighted by molar-refractivity contribution is 7.99. The van der Waals surface area contributed by atoms with Crippen molar-refractivity contribution < 1.29 is 14.3 Å². The highest BCUT2D eigenvalue weighted by atomic mass is 32.2. The minimum absolute atomic E-state index is 0.115. The number of nitrogens with one attached hydrogen (secondary N) is 1. The molecular formula is C17H22N4O3S. The van der Waals surface area contributed by atoms with Gasteiger partial charge in [-0.1, -0.05) is 17.8 Å². The Bertz CT molecular complexity index is 700. The van der Waals surface area contributed by atoms with Crippen LogP contribution in [-0.2, 0) is 22.7 Å². The Kier molecular flexibility index (Phi) is 7.49. The maximum atomic E-state index is 12.1. The van der Waals surface area contributed by atoms with Crippen molar-refractivity contribution in [2.24, 2.45) is 0 Å². The average molecular weight is 362 g/mol. The second kappa shape index (κ2) is 9.85. The first kappa shape index (κ1) is 19.0. The van der Waals surface area contributed by atoms with Gasteiger partial charge in [0.15, 0.2) is 11.0 Å². The number of carbonyl (C=O) groups is 1. The largest absolute Gasteiger partial charge is 0.494 e. The molecule has 0 fully saturated rings. The van der Waals surface area contributed by atoms with Crippen LogP contribution in [0.2, 0.25) is 0 Å². The third kappa shape index (κ3) is 5.61. The van der Waals surface area contributed by atoms with Crippen molar-refractivity contribution in [2.45, 2.75) is 25.2 Å². The van der Waals surface area contributed by atoms with E-state index < -0.39 is 0 Å². The molecule has 2 aromatic rings. The van der Waals surface area contributed by atoms with Crippen molar-refractivity contribution >= 4 is 23.4 Å². The van der Waals surface area contributed by atoms with E-state index in [1.807, 2.05) is 35.8 Å². The number of aromatic nitrogens is 3. The quantitative estimate of drug-likeness (QED) is 0.517. The molecule has 0 bridgehead atoms. The molecule has 1 N–H and O–H groups in total. The topological polar surface area (TPSA) is 78.3 Å². The van der Waals surface area contributed by atoms with Gasteiger partial charge >= 0.3 is 0 Å². The van der Waals surface area contributed by atoms with E-state index >= 15 is 0 Å². The molecule has 1 heterocycles. The van der Waals surface area contributed by atoms with Crippen LogP contribution in [0.25, 0.3) is 0 Å². The molecule has 0 atom stereocenters. The summed E-state index contributed by atoms with van der Waals surface area (Å²) >= 11 is 1.32. The van der Waals surface area contributed by atoms with Gasteiger partial charge < -0.3 is 19.4 Å². The highest BCUT2D eigenvalue weighted by Crippen LogP contribution is 2.19. The predicted molar refractivity (Wildman–Crippen MR) is 97.9 cm³/mol. The summed E-state index contributed by atoms with van der Waals surface area (Å²) in [6, 6.07) is 7.27. The van der Waals surface area contributed by atoms with Crippen molar-refractivity contribution in [1.82, 2.24) is 14.8 Å². The summed E-state index contributed by atoms with van der Waals surface area (Å²) in [7, 11) is 1.60. The van der Waals surface area contributed by atoms with Crippen LogP contribution in [0.5, 0.6) is 5.75 Å². The fourth-order valence-corrected chi connectivity index (χ4v) is 2.87. The molecule has 7 nitrogen and oxygen atoms in total.